The van der Waals surface area contributed by atoms with E-state index < -0.39 is 35.7 Å². The van der Waals surface area contributed by atoms with Crippen LogP contribution in [0.3, 0.4) is 0 Å². The average Bonchev–Trinajstić information content (AvgIpc) is 3.08. The van der Waals surface area contributed by atoms with Gasteiger partial charge < -0.3 is 25.6 Å². The maximum atomic E-state index is 12.5. The summed E-state index contributed by atoms with van der Waals surface area (Å²) in [5, 5.41) is 23.6. The number of carbonyl (C=O) groups is 3. The Kier molecular flexibility index (Phi) is 7.38. The van der Waals surface area contributed by atoms with E-state index in [1.165, 1.54) is 6.92 Å². The van der Waals surface area contributed by atoms with Gasteiger partial charge in [-0.25, -0.2) is 9.59 Å². The molecule has 2 atom stereocenters. The van der Waals surface area contributed by atoms with Crippen molar-refractivity contribution >= 4 is 18.0 Å². The van der Waals surface area contributed by atoms with Crippen LogP contribution in [-0.4, -0.2) is 52.5 Å². The molecule has 1 aliphatic rings. The van der Waals surface area contributed by atoms with Crippen LogP contribution in [0.15, 0.2) is 48.5 Å². The molecule has 0 aliphatic heterocycles. The third-order valence-corrected chi connectivity index (χ3v) is 5.83. The summed E-state index contributed by atoms with van der Waals surface area (Å²) < 4.78 is 5.55. The van der Waals surface area contributed by atoms with E-state index in [1.54, 1.807) is 13.8 Å². The second kappa shape index (κ2) is 10.0. The monoisotopic (exact) mass is 454 g/mol. The molecule has 33 heavy (non-hydrogen) atoms. The fraction of sp³-hybridized carbons (Fsp3) is 0.400. The Bertz CT molecular complexity index is 988. The van der Waals surface area contributed by atoms with Gasteiger partial charge in [0.15, 0.2) is 6.04 Å². The maximum Gasteiger partial charge on any atom is 0.407 e. The number of alkyl carbamates (subject to hydrolysis) is 1. The Balaban J connectivity index is 1.53. The predicted molar refractivity (Wildman–Crippen MR) is 123 cm³/mol. The Morgan fingerprint density at radius 2 is 1.58 bits per heavy atom. The van der Waals surface area contributed by atoms with Crippen LogP contribution >= 0.6 is 0 Å². The van der Waals surface area contributed by atoms with Gasteiger partial charge in [-0.05, 0) is 49.4 Å². The number of ether oxygens (including phenoxy) is 1. The number of carboxylic acids is 1. The lowest BCUT2D eigenvalue weighted by atomic mass is 9.98. The number of hydrogen-bond donors (Lipinski definition) is 4. The zero-order valence-corrected chi connectivity index (χ0v) is 19.0. The molecule has 1 aliphatic carbocycles. The summed E-state index contributed by atoms with van der Waals surface area (Å²) in [6, 6.07) is 14.8. The first-order chi connectivity index (χ1) is 15.6. The average molecular weight is 455 g/mol. The molecule has 0 bridgehead atoms. The molecule has 0 saturated carbocycles. The molecule has 8 heteroatoms. The van der Waals surface area contributed by atoms with Crippen molar-refractivity contribution in [2.75, 3.05) is 6.61 Å². The van der Waals surface area contributed by atoms with Crippen LogP contribution in [0.5, 0.6) is 0 Å². The molecule has 0 heterocycles. The third-order valence-electron chi connectivity index (χ3n) is 5.83. The molecule has 2 amide bonds. The molecule has 2 aromatic carbocycles. The number of fused-ring (bicyclic) bond motifs is 3. The van der Waals surface area contributed by atoms with Gasteiger partial charge in [-0.15, -0.1) is 0 Å². The lowest BCUT2D eigenvalue weighted by Crippen LogP contribution is -2.49. The normalized spacial score (nSPS) is 14.5. The van der Waals surface area contributed by atoms with Crippen molar-refractivity contribution in [3.8, 4) is 11.1 Å². The largest absolute Gasteiger partial charge is 0.480 e. The number of benzene rings is 2. The summed E-state index contributed by atoms with van der Waals surface area (Å²) in [6.07, 6.45) is -1.57. The minimum Gasteiger partial charge on any atom is -0.480 e. The minimum absolute atomic E-state index is 0.0207. The molecular formula is C25H30N2O6. The molecule has 0 radical (unpaired) electrons. The van der Waals surface area contributed by atoms with Crippen LogP contribution in [0.2, 0.25) is 0 Å². The molecule has 176 valence electrons. The van der Waals surface area contributed by atoms with Crippen molar-refractivity contribution in [2.45, 2.75) is 57.2 Å². The second-order valence-electron chi connectivity index (χ2n) is 8.96. The van der Waals surface area contributed by atoms with E-state index >= 15 is 0 Å². The zero-order valence-electron chi connectivity index (χ0n) is 19.0. The summed E-state index contributed by atoms with van der Waals surface area (Å²) in [5.41, 5.74) is 3.77. The molecular weight excluding hydrogens is 424 g/mol. The van der Waals surface area contributed by atoms with Gasteiger partial charge in [-0.2, -0.15) is 0 Å². The number of amides is 2. The lowest BCUT2D eigenvalue weighted by Gasteiger charge is -2.26. The fourth-order valence-electron chi connectivity index (χ4n) is 4.03. The van der Waals surface area contributed by atoms with Crippen LogP contribution in [-0.2, 0) is 14.3 Å². The minimum atomic E-state index is -1.38. The molecule has 0 spiro atoms. The van der Waals surface area contributed by atoms with Gasteiger partial charge in [0.05, 0.1) is 6.10 Å². The quantitative estimate of drug-likeness (QED) is 0.462. The summed E-state index contributed by atoms with van der Waals surface area (Å²) in [5.74, 6) is -1.88. The topological polar surface area (TPSA) is 125 Å². The standard InChI is InChI=1S/C25H30N2O6/c1-15(28)22(23(30)31)26-21(29)12-13-25(2,3)27-24(32)33-14-20-18-10-6-4-8-16(18)17-9-5-7-11-19(17)20/h4-11,15,20,22,28H,12-14H2,1-3H3,(H,26,29)(H,27,32)(H,30,31). The van der Waals surface area contributed by atoms with Crippen molar-refractivity contribution in [1.29, 1.82) is 0 Å². The summed E-state index contributed by atoms with van der Waals surface area (Å²) in [6.45, 7) is 4.99. The molecule has 0 aromatic heterocycles. The summed E-state index contributed by atoms with van der Waals surface area (Å²) in [7, 11) is 0. The highest BCUT2D eigenvalue weighted by molar-refractivity contribution is 5.84. The van der Waals surface area contributed by atoms with E-state index in [1.807, 2.05) is 36.4 Å². The predicted octanol–water partition coefficient (Wildman–Crippen LogP) is 3.03. The smallest absolute Gasteiger partial charge is 0.407 e. The molecule has 2 aromatic rings. The Hall–Kier alpha value is -3.39. The lowest BCUT2D eigenvalue weighted by molar-refractivity contribution is -0.144. The third kappa shape index (κ3) is 5.90. The Labute approximate surface area is 193 Å². The summed E-state index contributed by atoms with van der Waals surface area (Å²) >= 11 is 0. The zero-order chi connectivity index (χ0) is 24.2. The van der Waals surface area contributed by atoms with E-state index in [2.05, 4.69) is 22.8 Å². The van der Waals surface area contributed by atoms with Gasteiger partial charge in [0.25, 0.3) is 0 Å². The van der Waals surface area contributed by atoms with Gasteiger partial charge in [-0.3, -0.25) is 4.79 Å². The maximum absolute atomic E-state index is 12.5. The van der Waals surface area contributed by atoms with Gasteiger partial charge in [0.1, 0.15) is 6.61 Å². The number of hydrogen-bond acceptors (Lipinski definition) is 5. The molecule has 2 unspecified atom stereocenters. The Morgan fingerprint density at radius 3 is 2.09 bits per heavy atom. The number of carbonyl (C=O) groups excluding carboxylic acids is 2. The number of carboxylic acid groups (broad SMARTS) is 1. The first kappa shape index (κ1) is 24.3. The van der Waals surface area contributed by atoms with Crippen LogP contribution in [0.25, 0.3) is 11.1 Å². The van der Waals surface area contributed by atoms with E-state index in [0.717, 1.165) is 22.3 Å². The molecule has 4 N–H and O–H groups in total. The summed E-state index contributed by atoms with van der Waals surface area (Å²) in [4.78, 5) is 35.7. The van der Waals surface area contributed by atoms with Crippen molar-refractivity contribution < 1.29 is 29.3 Å². The molecule has 0 fully saturated rings. The second-order valence-corrected chi connectivity index (χ2v) is 8.96. The van der Waals surface area contributed by atoms with Crippen molar-refractivity contribution in [1.82, 2.24) is 10.6 Å². The van der Waals surface area contributed by atoms with Gasteiger partial charge in [0, 0.05) is 17.9 Å². The molecule has 3 rings (SSSR count). The number of nitrogens with one attached hydrogen (secondary N) is 2. The van der Waals surface area contributed by atoms with Crippen LogP contribution < -0.4 is 10.6 Å². The van der Waals surface area contributed by atoms with E-state index in [-0.39, 0.29) is 25.4 Å². The number of aliphatic hydroxyl groups is 1. The van der Waals surface area contributed by atoms with Crippen molar-refractivity contribution in [2.24, 2.45) is 0 Å². The molecule has 0 saturated heterocycles. The van der Waals surface area contributed by atoms with E-state index in [4.69, 9.17) is 9.84 Å². The van der Waals surface area contributed by atoms with Gasteiger partial charge >= 0.3 is 12.1 Å². The van der Waals surface area contributed by atoms with Crippen molar-refractivity contribution in [3.05, 3.63) is 59.7 Å². The number of rotatable bonds is 9. The molecule has 8 nitrogen and oxygen atoms in total. The highest BCUT2D eigenvalue weighted by atomic mass is 16.5. The number of aliphatic hydroxyl groups excluding tert-OH is 1. The first-order valence-corrected chi connectivity index (χ1v) is 10.9. The highest BCUT2D eigenvalue weighted by Gasteiger charge is 2.30. The Morgan fingerprint density at radius 1 is 1.03 bits per heavy atom. The highest BCUT2D eigenvalue weighted by Crippen LogP contribution is 2.44. The van der Waals surface area contributed by atoms with Crippen LogP contribution in [0, 0.1) is 0 Å². The SMILES string of the molecule is CC(O)C(NC(=O)CCC(C)(C)NC(=O)OCC1c2ccccc2-c2ccccc21)C(=O)O. The van der Waals surface area contributed by atoms with Crippen LogP contribution in [0.1, 0.15) is 50.7 Å². The fourth-order valence-corrected chi connectivity index (χ4v) is 4.03. The van der Waals surface area contributed by atoms with Gasteiger partial charge in [0.2, 0.25) is 5.91 Å². The first-order valence-electron chi connectivity index (χ1n) is 10.9. The van der Waals surface area contributed by atoms with E-state index in [0.29, 0.717) is 0 Å². The van der Waals surface area contributed by atoms with Gasteiger partial charge in [-0.1, -0.05) is 48.5 Å². The van der Waals surface area contributed by atoms with E-state index in [9.17, 15) is 19.5 Å². The number of aliphatic carboxylic acids is 1. The van der Waals surface area contributed by atoms with Crippen LogP contribution in [0.4, 0.5) is 4.79 Å². The van der Waals surface area contributed by atoms with Crippen molar-refractivity contribution in [3.63, 3.8) is 0 Å².